The number of thiophene rings is 1. The van der Waals surface area contributed by atoms with Gasteiger partial charge in [-0.2, -0.15) is 5.26 Å². The molecule has 1 aromatic rings. The summed E-state index contributed by atoms with van der Waals surface area (Å²) >= 11 is 8.10. The predicted octanol–water partition coefficient (Wildman–Crippen LogP) is 3.65. The van der Waals surface area contributed by atoms with E-state index in [-0.39, 0.29) is 5.91 Å². The van der Waals surface area contributed by atoms with Crippen molar-refractivity contribution in [3.63, 3.8) is 0 Å². The van der Waals surface area contributed by atoms with E-state index in [0.717, 1.165) is 8.26 Å². The van der Waals surface area contributed by atoms with E-state index in [4.69, 9.17) is 5.26 Å². The zero-order valence-electron chi connectivity index (χ0n) is 8.67. The van der Waals surface area contributed by atoms with E-state index in [2.05, 4.69) is 31.9 Å². The van der Waals surface area contributed by atoms with E-state index >= 15 is 0 Å². The van der Waals surface area contributed by atoms with Crippen LogP contribution in [0.4, 0.5) is 0 Å². The van der Waals surface area contributed by atoms with Crippen LogP contribution in [0.5, 0.6) is 0 Å². The molecule has 0 aromatic carbocycles. The lowest BCUT2D eigenvalue weighted by molar-refractivity contribution is 0.0772. The number of amides is 1. The summed E-state index contributed by atoms with van der Waals surface area (Å²) in [5.74, 6) is -0.0193. The van der Waals surface area contributed by atoms with Crippen LogP contribution < -0.4 is 0 Å². The third-order valence-corrected chi connectivity index (χ3v) is 5.26. The van der Waals surface area contributed by atoms with Crippen LogP contribution in [0.1, 0.15) is 23.0 Å². The van der Waals surface area contributed by atoms with Crippen molar-refractivity contribution in [3.8, 4) is 6.07 Å². The normalized spacial score (nSPS) is 9.88. The highest BCUT2D eigenvalue weighted by atomic mass is 79.9. The van der Waals surface area contributed by atoms with Gasteiger partial charge in [-0.1, -0.05) is 0 Å². The molecule has 3 nitrogen and oxygen atoms in total. The standard InChI is InChI=1S/C10H10Br2N2OS/c1-2-14(5-3-4-13)10(15)8-6-7(11)9(12)16-8/h6H,2-3,5H2,1H3. The molecule has 0 aliphatic carbocycles. The van der Waals surface area contributed by atoms with E-state index in [1.165, 1.54) is 11.3 Å². The molecule has 0 N–H and O–H groups in total. The molecule has 0 atom stereocenters. The minimum Gasteiger partial charge on any atom is -0.337 e. The van der Waals surface area contributed by atoms with Crippen molar-refractivity contribution in [2.45, 2.75) is 13.3 Å². The first kappa shape index (κ1) is 13.7. The van der Waals surface area contributed by atoms with Gasteiger partial charge in [-0.25, -0.2) is 0 Å². The first-order chi connectivity index (χ1) is 7.60. The molecule has 1 rings (SSSR count). The maximum absolute atomic E-state index is 12.0. The Kier molecular flexibility index (Phi) is 5.46. The summed E-state index contributed by atoms with van der Waals surface area (Å²) in [7, 11) is 0. The molecule has 0 radical (unpaired) electrons. The summed E-state index contributed by atoms with van der Waals surface area (Å²) in [6, 6.07) is 3.84. The van der Waals surface area contributed by atoms with Gasteiger partial charge in [-0.15, -0.1) is 11.3 Å². The fraction of sp³-hybridized carbons (Fsp3) is 0.400. The Morgan fingerprint density at radius 3 is 2.75 bits per heavy atom. The largest absolute Gasteiger partial charge is 0.337 e. The summed E-state index contributed by atoms with van der Waals surface area (Å²) in [6.07, 6.45) is 0.368. The first-order valence-electron chi connectivity index (χ1n) is 4.71. The van der Waals surface area contributed by atoms with Crippen molar-refractivity contribution in [3.05, 3.63) is 19.2 Å². The highest BCUT2D eigenvalue weighted by Gasteiger charge is 2.17. The molecular weight excluding hydrogens is 356 g/mol. The lowest BCUT2D eigenvalue weighted by Crippen LogP contribution is -2.31. The van der Waals surface area contributed by atoms with Gasteiger partial charge >= 0.3 is 0 Å². The number of rotatable bonds is 4. The third-order valence-electron chi connectivity index (χ3n) is 2.02. The van der Waals surface area contributed by atoms with E-state index < -0.39 is 0 Å². The highest BCUT2D eigenvalue weighted by Crippen LogP contribution is 2.32. The van der Waals surface area contributed by atoms with E-state index in [0.29, 0.717) is 24.4 Å². The van der Waals surface area contributed by atoms with Crippen molar-refractivity contribution in [1.29, 1.82) is 5.26 Å². The van der Waals surface area contributed by atoms with Crippen LogP contribution >= 0.6 is 43.2 Å². The van der Waals surface area contributed by atoms with Gasteiger partial charge in [0.05, 0.1) is 21.2 Å². The maximum Gasteiger partial charge on any atom is 0.264 e. The van der Waals surface area contributed by atoms with Gasteiger partial charge in [0.15, 0.2) is 0 Å². The first-order valence-corrected chi connectivity index (χ1v) is 7.11. The van der Waals surface area contributed by atoms with E-state index in [1.54, 1.807) is 11.0 Å². The molecule has 0 unspecified atom stereocenters. The monoisotopic (exact) mass is 364 g/mol. The molecule has 6 heteroatoms. The number of nitrogens with zero attached hydrogens (tertiary/aromatic N) is 2. The number of carbonyl (C=O) groups excluding carboxylic acids is 1. The van der Waals surface area contributed by atoms with Crippen LogP contribution in [-0.4, -0.2) is 23.9 Å². The molecular formula is C10H10Br2N2OS. The van der Waals surface area contributed by atoms with Crippen LogP contribution in [0.15, 0.2) is 14.3 Å². The van der Waals surface area contributed by atoms with E-state index in [9.17, 15) is 4.79 Å². The van der Waals surface area contributed by atoms with Gasteiger partial charge in [0.25, 0.3) is 5.91 Å². The number of halogens is 2. The maximum atomic E-state index is 12.0. The molecule has 0 saturated heterocycles. The van der Waals surface area contributed by atoms with Crippen LogP contribution in [0.3, 0.4) is 0 Å². The van der Waals surface area contributed by atoms with Gasteiger partial charge in [-0.05, 0) is 44.8 Å². The van der Waals surface area contributed by atoms with Gasteiger partial charge in [0, 0.05) is 17.6 Å². The van der Waals surface area contributed by atoms with Crippen LogP contribution in [0, 0.1) is 11.3 Å². The molecule has 1 heterocycles. The average Bonchev–Trinajstić information content (AvgIpc) is 2.60. The van der Waals surface area contributed by atoms with Gasteiger partial charge in [0.2, 0.25) is 0 Å². The van der Waals surface area contributed by atoms with Crippen LogP contribution in [-0.2, 0) is 0 Å². The molecule has 0 fully saturated rings. The zero-order valence-corrected chi connectivity index (χ0v) is 12.7. The minimum atomic E-state index is -0.0193. The molecule has 0 saturated carbocycles. The lowest BCUT2D eigenvalue weighted by atomic mass is 10.3. The molecule has 1 aromatic heterocycles. The number of nitriles is 1. The Morgan fingerprint density at radius 2 is 2.31 bits per heavy atom. The smallest absolute Gasteiger partial charge is 0.264 e. The van der Waals surface area contributed by atoms with Gasteiger partial charge in [-0.3, -0.25) is 4.79 Å². The van der Waals surface area contributed by atoms with Crippen molar-refractivity contribution < 1.29 is 4.79 Å². The minimum absolute atomic E-state index is 0.0193. The Balaban J connectivity index is 2.79. The average molecular weight is 366 g/mol. The molecule has 1 amide bonds. The Labute approximate surface area is 115 Å². The highest BCUT2D eigenvalue weighted by molar-refractivity contribution is 9.13. The molecule has 0 aliphatic rings. The molecule has 86 valence electrons. The fourth-order valence-corrected chi connectivity index (χ4v) is 3.20. The van der Waals surface area contributed by atoms with Crippen LogP contribution in [0.25, 0.3) is 0 Å². The van der Waals surface area contributed by atoms with Crippen molar-refractivity contribution in [2.24, 2.45) is 0 Å². The van der Waals surface area contributed by atoms with Gasteiger partial charge < -0.3 is 4.90 Å². The van der Waals surface area contributed by atoms with Crippen LogP contribution in [0.2, 0.25) is 0 Å². The van der Waals surface area contributed by atoms with E-state index in [1.807, 2.05) is 13.0 Å². The Bertz CT molecular complexity index is 405. The quantitative estimate of drug-likeness (QED) is 0.817. The molecule has 0 spiro atoms. The van der Waals surface area contributed by atoms with Crippen molar-refractivity contribution in [2.75, 3.05) is 13.1 Å². The second-order valence-corrected chi connectivity index (χ2v) is 6.25. The Hall–Kier alpha value is -0.380. The second kappa shape index (κ2) is 6.38. The second-order valence-electron chi connectivity index (χ2n) is 3.03. The predicted molar refractivity (Wildman–Crippen MR) is 71.5 cm³/mol. The fourth-order valence-electron chi connectivity index (χ4n) is 1.20. The zero-order chi connectivity index (χ0) is 12.1. The summed E-state index contributed by atoms with van der Waals surface area (Å²) in [6.45, 7) is 3.01. The summed E-state index contributed by atoms with van der Waals surface area (Å²) in [4.78, 5) is 14.4. The van der Waals surface area contributed by atoms with Gasteiger partial charge in [0.1, 0.15) is 0 Å². The number of carbonyl (C=O) groups is 1. The number of hydrogen-bond acceptors (Lipinski definition) is 3. The molecule has 0 aliphatic heterocycles. The number of hydrogen-bond donors (Lipinski definition) is 0. The lowest BCUT2D eigenvalue weighted by Gasteiger charge is -2.18. The summed E-state index contributed by atoms with van der Waals surface area (Å²) in [5, 5.41) is 8.51. The topological polar surface area (TPSA) is 44.1 Å². The Morgan fingerprint density at radius 1 is 1.62 bits per heavy atom. The SMILES string of the molecule is CCN(CCC#N)C(=O)c1cc(Br)c(Br)s1. The summed E-state index contributed by atoms with van der Waals surface area (Å²) < 4.78 is 1.80. The van der Waals surface area contributed by atoms with Crippen molar-refractivity contribution >= 4 is 49.1 Å². The molecule has 16 heavy (non-hydrogen) atoms. The third kappa shape index (κ3) is 3.30. The molecule has 0 bridgehead atoms. The summed E-state index contributed by atoms with van der Waals surface area (Å²) in [5.41, 5.74) is 0. The van der Waals surface area contributed by atoms with Crippen molar-refractivity contribution in [1.82, 2.24) is 4.90 Å².